The minimum absolute atomic E-state index is 0.00666. The number of carbonyl (C=O) groups is 1. The van der Waals surface area contributed by atoms with E-state index in [1.165, 1.54) is 10.9 Å². The standard InChI is InChI=1S/C16H19BrF3N5O/c1-4-24-8(2)11(7-21-24)22-15(26)9(3)25-13(10-5-6-10)12(17)14(23-25)16(18,19)20/h7,9-10H,4-6H2,1-3H3,(H,22,26). The summed E-state index contributed by atoms with van der Waals surface area (Å²) in [4.78, 5) is 12.6. The van der Waals surface area contributed by atoms with Crippen molar-refractivity contribution in [3.63, 3.8) is 0 Å². The third-order valence-electron chi connectivity index (χ3n) is 4.53. The molecular formula is C16H19BrF3N5O. The van der Waals surface area contributed by atoms with Gasteiger partial charge in [-0.15, -0.1) is 0 Å². The zero-order valence-electron chi connectivity index (χ0n) is 14.6. The number of halogens is 4. The van der Waals surface area contributed by atoms with Crippen molar-refractivity contribution >= 4 is 27.5 Å². The van der Waals surface area contributed by atoms with E-state index in [9.17, 15) is 18.0 Å². The summed E-state index contributed by atoms with van der Waals surface area (Å²) in [6, 6.07) is -0.887. The molecule has 26 heavy (non-hydrogen) atoms. The number of hydrogen-bond acceptors (Lipinski definition) is 3. The van der Waals surface area contributed by atoms with Crippen LogP contribution in [0, 0.1) is 6.92 Å². The summed E-state index contributed by atoms with van der Waals surface area (Å²) in [5.74, 6) is -0.442. The highest BCUT2D eigenvalue weighted by Gasteiger charge is 2.43. The highest BCUT2D eigenvalue weighted by Crippen LogP contribution is 2.47. The van der Waals surface area contributed by atoms with Gasteiger partial charge in [0, 0.05) is 12.5 Å². The number of rotatable bonds is 5. The van der Waals surface area contributed by atoms with E-state index in [2.05, 4.69) is 31.4 Å². The number of aromatic nitrogens is 4. The quantitative estimate of drug-likeness (QED) is 0.765. The number of anilines is 1. The van der Waals surface area contributed by atoms with E-state index >= 15 is 0 Å². The number of alkyl halides is 3. The highest BCUT2D eigenvalue weighted by molar-refractivity contribution is 9.10. The van der Waals surface area contributed by atoms with E-state index < -0.39 is 23.8 Å². The summed E-state index contributed by atoms with van der Waals surface area (Å²) in [5.41, 5.74) is 0.766. The maximum absolute atomic E-state index is 13.2. The maximum atomic E-state index is 13.2. The normalized spacial score (nSPS) is 16.0. The number of hydrogen-bond donors (Lipinski definition) is 1. The van der Waals surface area contributed by atoms with E-state index in [0.717, 1.165) is 18.5 Å². The minimum atomic E-state index is -4.58. The van der Waals surface area contributed by atoms with Crippen LogP contribution in [0.2, 0.25) is 0 Å². The fraction of sp³-hybridized carbons (Fsp3) is 0.562. The summed E-state index contributed by atoms with van der Waals surface area (Å²) in [6.07, 6.45) is -1.47. The van der Waals surface area contributed by atoms with Gasteiger partial charge in [-0.05, 0) is 49.5 Å². The second kappa shape index (κ2) is 6.71. The van der Waals surface area contributed by atoms with Crippen molar-refractivity contribution in [2.75, 3.05) is 5.32 Å². The molecule has 1 amide bonds. The Hall–Kier alpha value is -1.84. The predicted octanol–water partition coefficient (Wildman–Crippen LogP) is 4.27. The van der Waals surface area contributed by atoms with Crippen molar-refractivity contribution in [1.82, 2.24) is 19.6 Å². The third-order valence-corrected chi connectivity index (χ3v) is 5.31. The lowest BCUT2D eigenvalue weighted by atomic mass is 10.2. The zero-order chi connectivity index (χ0) is 19.2. The van der Waals surface area contributed by atoms with Crippen LogP contribution in [-0.2, 0) is 17.5 Å². The molecule has 1 aliphatic carbocycles. The molecular weight excluding hydrogens is 415 g/mol. The Kier molecular flexibility index (Phi) is 4.89. The summed E-state index contributed by atoms with van der Waals surface area (Å²) in [6.45, 7) is 5.94. The number of amides is 1. The molecule has 1 aliphatic rings. The number of nitrogens with zero attached hydrogens (tertiary/aromatic N) is 4. The van der Waals surface area contributed by atoms with Crippen LogP contribution in [0.4, 0.5) is 18.9 Å². The molecule has 2 aromatic heterocycles. The van der Waals surface area contributed by atoms with Gasteiger partial charge in [-0.3, -0.25) is 14.2 Å². The van der Waals surface area contributed by atoms with E-state index in [1.54, 1.807) is 11.6 Å². The monoisotopic (exact) mass is 433 g/mol. The number of nitrogens with one attached hydrogen (secondary N) is 1. The van der Waals surface area contributed by atoms with Gasteiger partial charge < -0.3 is 5.32 Å². The SMILES string of the molecule is CCn1ncc(NC(=O)C(C)n2nc(C(F)(F)F)c(Br)c2C2CC2)c1C. The van der Waals surface area contributed by atoms with Crippen LogP contribution in [0.3, 0.4) is 0 Å². The first-order valence-corrected chi connectivity index (χ1v) is 9.12. The first-order chi connectivity index (χ1) is 12.1. The molecule has 2 aromatic rings. The van der Waals surface area contributed by atoms with Crippen molar-refractivity contribution < 1.29 is 18.0 Å². The topological polar surface area (TPSA) is 64.7 Å². The van der Waals surface area contributed by atoms with E-state index in [4.69, 9.17) is 0 Å². The lowest BCUT2D eigenvalue weighted by Gasteiger charge is -2.15. The molecule has 0 aliphatic heterocycles. The molecule has 0 radical (unpaired) electrons. The Balaban J connectivity index is 1.90. The van der Waals surface area contributed by atoms with Crippen molar-refractivity contribution in [3.05, 3.63) is 27.8 Å². The van der Waals surface area contributed by atoms with Crippen LogP contribution < -0.4 is 5.32 Å². The summed E-state index contributed by atoms with van der Waals surface area (Å²) in [7, 11) is 0. The van der Waals surface area contributed by atoms with Gasteiger partial charge in [0.1, 0.15) is 6.04 Å². The van der Waals surface area contributed by atoms with Gasteiger partial charge in [0.25, 0.3) is 0 Å². The Morgan fingerprint density at radius 2 is 2.12 bits per heavy atom. The van der Waals surface area contributed by atoms with Gasteiger partial charge >= 0.3 is 6.18 Å². The molecule has 10 heteroatoms. The van der Waals surface area contributed by atoms with Gasteiger partial charge in [0.05, 0.1) is 27.7 Å². The van der Waals surface area contributed by atoms with Crippen LogP contribution in [-0.4, -0.2) is 25.5 Å². The predicted molar refractivity (Wildman–Crippen MR) is 92.9 cm³/mol. The molecule has 1 atom stereocenters. The van der Waals surface area contributed by atoms with Crippen LogP contribution in [0.5, 0.6) is 0 Å². The van der Waals surface area contributed by atoms with Gasteiger partial charge in [0.15, 0.2) is 5.69 Å². The molecule has 3 rings (SSSR count). The van der Waals surface area contributed by atoms with Crippen LogP contribution in [0.1, 0.15) is 55.7 Å². The van der Waals surface area contributed by atoms with E-state index in [1.807, 2.05) is 13.8 Å². The smallest absolute Gasteiger partial charge is 0.321 e. The Morgan fingerprint density at radius 3 is 2.62 bits per heavy atom. The Labute approximate surface area is 156 Å². The lowest BCUT2D eigenvalue weighted by Crippen LogP contribution is -2.26. The van der Waals surface area contributed by atoms with Crippen LogP contribution >= 0.6 is 15.9 Å². The molecule has 0 spiro atoms. The van der Waals surface area contributed by atoms with E-state index in [0.29, 0.717) is 17.9 Å². The molecule has 1 fully saturated rings. The van der Waals surface area contributed by atoms with Crippen molar-refractivity contribution in [2.24, 2.45) is 0 Å². The second-order valence-corrected chi connectivity index (χ2v) is 7.18. The van der Waals surface area contributed by atoms with Gasteiger partial charge in [-0.2, -0.15) is 23.4 Å². The summed E-state index contributed by atoms with van der Waals surface area (Å²) >= 11 is 3.04. The third kappa shape index (κ3) is 3.38. The van der Waals surface area contributed by atoms with Crippen molar-refractivity contribution in [2.45, 2.75) is 58.3 Å². The first-order valence-electron chi connectivity index (χ1n) is 8.33. The van der Waals surface area contributed by atoms with Gasteiger partial charge in [0.2, 0.25) is 5.91 Å². The summed E-state index contributed by atoms with van der Waals surface area (Å²) < 4.78 is 42.5. The minimum Gasteiger partial charge on any atom is -0.321 e. The average molecular weight is 434 g/mol. The van der Waals surface area contributed by atoms with E-state index in [-0.39, 0.29) is 10.4 Å². The summed E-state index contributed by atoms with van der Waals surface area (Å²) in [5, 5.41) is 10.6. The van der Waals surface area contributed by atoms with Crippen molar-refractivity contribution in [1.29, 1.82) is 0 Å². The molecule has 2 heterocycles. The molecule has 1 saturated carbocycles. The first kappa shape index (κ1) is 18.9. The number of carbonyl (C=O) groups excluding carboxylic acids is 1. The van der Waals surface area contributed by atoms with Crippen molar-refractivity contribution in [3.8, 4) is 0 Å². The molecule has 6 nitrogen and oxygen atoms in total. The maximum Gasteiger partial charge on any atom is 0.436 e. The molecule has 1 unspecified atom stereocenters. The van der Waals surface area contributed by atoms with Gasteiger partial charge in [-0.1, -0.05) is 0 Å². The molecule has 1 N–H and O–H groups in total. The molecule has 0 saturated heterocycles. The molecule has 0 aromatic carbocycles. The fourth-order valence-corrected chi connectivity index (χ4v) is 3.67. The van der Waals surface area contributed by atoms with Crippen LogP contribution in [0.25, 0.3) is 0 Å². The van der Waals surface area contributed by atoms with Crippen LogP contribution in [0.15, 0.2) is 10.7 Å². The largest absolute Gasteiger partial charge is 0.436 e. The highest BCUT2D eigenvalue weighted by atomic mass is 79.9. The molecule has 0 bridgehead atoms. The fourth-order valence-electron chi connectivity index (χ4n) is 2.86. The molecule has 142 valence electrons. The Morgan fingerprint density at radius 1 is 1.46 bits per heavy atom. The lowest BCUT2D eigenvalue weighted by molar-refractivity contribution is -0.142. The second-order valence-electron chi connectivity index (χ2n) is 6.39. The average Bonchev–Trinajstić information content (AvgIpc) is 3.25. The van der Waals surface area contributed by atoms with Gasteiger partial charge in [-0.25, -0.2) is 0 Å². The zero-order valence-corrected chi connectivity index (χ0v) is 16.1. The number of aryl methyl sites for hydroxylation is 1. The Bertz CT molecular complexity index is 838.